The Kier molecular flexibility index (Phi) is 8.28. The van der Waals surface area contributed by atoms with Gasteiger partial charge in [-0.1, -0.05) is 91.6 Å². The van der Waals surface area contributed by atoms with Crippen LogP contribution in [0.25, 0.3) is 21.0 Å². The van der Waals surface area contributed by atoms with Crippen molar-refractivity contribution in [3.8, 4) is 0 Å². The molecule has 33 heavy (non-hydrogen) atoms. The number of nitrogens with zero attached hydrogens (tertiary/aromatic N) is 2. The van der Waals surface area contributed by atoms with Gasteiger partial charge in [0.2, 0.25) is 5.13 Å². The Bertz CT molecular complexity index is 1160. The molecule has 0 radical (unpaired) electrons. The summed E-state index contributed by atoms with van der Waals surface area (Å²) in [5.74, 6) is 6.03. The van der Waals surface area contributed by atoms with Crippen molar-refractivity contribution in [3.05, 3.63) is 72.3 Å². The first-order valence-corrected chi connectivity index (χ1v) is 12.5. The largest absolute Gasteiger partial charge is 0.465 e. The molecule has 0 aliphatic carbocycles. The third kappa shape index (κ3) is 6.76. The van der Waals surface area contributed by atoms with Crippen molar-refractivity contribution in [1.29, 1.82) is 0 Å². The Morgan fingerprint density at radius 3 is 2.45 bits per heavy atom. The number of anilines is 1. The zero-order chi connectivity index (χ0) is 22.9. The van der Waals surface area contributed by atoms with Crippen LogP contribution in [-0.4, -0.2) is 24.1 Å². The highest BCUT2D eigenvalue weighted by molar-refractivity contribution is 7.22. The van der Waals surface area contributed by atoms with Crippen LogP contribution in [0.1, 0.15) is 44.1 Å². The third-order valence-corrected chi connectivity index (χ3v) is 6.82. The lowest BCUT2D eigenvalue weighted by Crippen LogP contribution is -2.31. The summed E-state index contributed by atoms with van der Waals surface area (Å²) in [4.78, 5) is 16.7. The highest BCUT2D eigenvalue weighted by atomic mass is 32.1. The summed E-state index contributed by atoms with van der Waals surface area (Å²) in [5.41, 5.74) is 2.00. The molecular formula is C27H31N3O2S. The van der Waals surface area contributed by atoms with Crippen LogP contribution in [0.3, 0.4) is 0 Å². The third-order valence-electron chi connectivity index (χ3n) is 5.75. The van der Waals surface area contributed by atoms with E-state index in [1.807, 2.05) is 36.4 Å². The van der Waals surface area contributed by atoms with Crippen molar-refractivity contribution in [3.63, 3.8) is 0 Å². The monoisotopic (exact) mass is 461 g/mol. The first-order valence-electron chi connectivity index (χ1n) is 11.7. The van der Waals surface area contributed by atoms with Crippen LogP contribution in [0.2, 0.25) is 0 Å². The second-order valence-corrected chi connectivity index (χ2v) is 9.37. The number of aromatic nitrogens is 1. The van der Waals surface area contributed by atoms with E-state index < -0.39 is 0 Å². The Hall–Kier alpha value is -2.96. The Morgan fingerprint density at radius 2 is 1.61 bits per heavy atom. The van der Waals surface area contributed by atoms with E-state index in [4.69, 9.17) is 10.6 Å². The number of ether oxygens (including phenoxy) is 1. The molecule has 4 aromatic rings. The number of hydrogen-bond donors (Lipinski definition) is 1. The lowest BCUT2D eigenvalue weighted by molar-refractivity contribution is -0.142. The average molecular weight is 462 g/mol. The van der Waals surface area contributed by atoms with Crippen LogP contribution in [0, 0.1) is 0 Å². The summed E-state index contributed by atoms with van der Waals surface area (Å²) in [6, 6.07) is 22.4. The minimum atomic E-state index is -0.150. The zero-order valence-electron chi connectivity index (χ0n) is 18.9. The number of unbranched alkanes of at least 4 members (excludes halogenated alkanes) is 5. The van der Waals surface area contributed by atoms with Gasteiger partial charge in [0, 0.05) is 6.54 Å². The molecule has 0 saturated carbocycles. The zero-order valence-corrected chi connectivity index (χ0v) is 19.7. The maximum absolute atomic E-state index is 12.1. The van der Waals surface area contributed by atoms with Crippen LogP contribution in [0.15, 0.2) is 66.7 Å². The van der Waals surface area contributed by atoms with E-state index >= 15 is 0 Å². The summed E-state index contributed by atoms with van der Waals surface area (Å²) >= 11 is 1.63. The standard InChI is InChI=1S/C27H31N3O2S/c28-30(27-29-24-13-7-8-14-25(24)33-27)17-9-3-1-2-4-10-18-32-26(31)20-21-15-16-22-11-5-6-12-23(22)19-21/h5-8,11-16,19H,1-4,9-10,17-18,20,28H2. The first kappa shape index (κ1) is 23.2. The SMILES string of the molecule is NN(CCCCCCCCOC(=O)Cc1ccc2ccccc2c1)c1nc2ccccc2s1. The second-order valence-electron chi connectivity index (χ2n) is 8.36. The number of nitrogens with two attached hydrogens (primary N) is 1. The molecule has 0 bridgehead atoms. The van der Waals surface area contributed by atoms with Crippen LogP contribution >= 0.6 is 11.3 Å². The van der Waals surface area contributed by atoms with Gasteiger partial charge in [-0.05, 0) is 41.3 Å². The number of para-hydroxylation sites is 1. The number of carbonyl (C=O) groups excluding carboxylic acids is 1. The Balaban J connectivity index is 1.04. The van der Waals surface area contributed by atoms with E-state index in [0.717, 1.165) is 60.2 Å². The van der Waals surface area contributed by atoms with Crippen molar-refractivity contribution in [1.82, 2.24) is 4.98 Å². The second kappa shape index (κ2) is 11.8. The highest BCUT2D eigenvalue weighted by Crippen LogP contribution is 2.27. The van der Waals surface area contributed by atoms with E-state index in [9.17, 15) is 4.79 Å². The molecule has 2 N–H and O–H groups in total. The van der Waals surface area contributed by atoms with Gasteiger partial charge in [0.25, 0.3) is 0 Å². The van der Waals surface area contributed by atoms with Gasteiger partial charge >= 0.3 is 5.97 Å². The van der Waals surface area contributed by atoms with E-state index in [1.54, 1.807) is 16.3 Å². The molecule has 3 aromatic carbocycles. The smallest absolute Gasteiger partial charge is 0.310 e. The number of esters is 1. The van der Waals surface area contributed by atoms with Crippen molar-refractivity contribution < 1.29 is 9.53 Å². The molecule has 4 rings (SSSR count). The number of rotatable bonds is 12. The number of benzene rings is 3. The molecule has 0 spiro atoms. The molecule has 1 aromatic heterocycles. The minimum Gasteiger partial charge on any atom is -0.465 e. The molecule has 172 valence electrons. The molecule has 0 aliphatic rings. The molecule has 0 aliphatic heterocycles. The van der Waals surface area contributed by atoms with Crippen molar-refractivity contribution in [2.75, 3.05) is 18.2 Å². The van der Waals surface area contributed by atoms with Crippen LogP contribution < -0.4 is 10.9 Å². The van der Waals surface area contributed by atoms with Crippen molar-refractivity contribution >= 4 is 43.4 Å². The number of hydrogen-bond acceptors (Lipinski definition) is 6. The van der Waals surface area contributed by atoms with Gasteiger partial charge < -0.3 is 4.74 Å². The fourth-order valence-electron chi connectivity index (χ4n) is 3.92. The molecule has 5 nitrogen and oxygen atoms in total. The molecule has 0 unspecified atom stereocenters. The molecular weight excluding hydrogens is 430 g/mol. The Morgan fingerprint density at radius 1 is 0.879 bits per heavy atom. The van der Waals surface area contributed by atoms with E-state index in [1.165, 1.54) is 16.5 Å². The predicted molar refractivity (Wildman–Crippen MR) is 137 cm³/mol. The number of thiazole rings is 1. The fraction of sp³-hybridized carbons (Fsp3) is 0.333. The minimum absolute atomic E-state index is 0.150. The number of fused-ring (bicyclic) bond motifs is 2. The van der Waals surface area contributed by atoms with Crippen molar-refractivity contribution in [2.24, 2.45) is 5.84 Å². The van der Waals surface area contributed by atoms with Crippen LogP contribution in [0.4, 0.5) is 5.13 Å². The topological polar surface area (TPSA) is 68.4 Å². The number of hydrazine groups is 1. The summed E-state index contributed by atoms with van der Waals surface area (Å²) in [7, 11) is 0. The first-order chi connectivity index (χ1) is 16.2. The van der Waals surface area contributed by atoms with E-state index in [-0.39, 0.29) is 5.97 Å². The summed E-state index contributed by atoms with van der Waals surface area (Å²) in [6.07, 6.45) is 6.82. The number of carbonyl (C=O) groups is 1. The van der Waals surface area contributed by atoms with Gasteiger partial charge in [-0.15, -0.1) is 0 Å². The summed E-state index contributed by atoms with van der Waals surface area (Å²) < 4.78 is 6.59. The molecule has 0 fully saturated rings. The maximum atomic E-state index is 12.1. The Labute approximate surface area is 199 Å². The average Bonchev–Trinajstić information content (AvgIpc) is 3.27. The van der Waals surface area contributed by atoms with Gasteiger partial charge in [0.05, 0.1) is 23.2 Å². The van der Waals surface area contributed by atoms with Gasteiger partial charge in [-0.25, -0.2) is 10.8 Å². The highest BCUT2D eigenvalue weighted by Gasteiger charge is 2.08. The quantitative estimate of drug-likeness (QED) is 0.117. The summed E-state index contributed by atoms with van der Waals surface area (Å²) in [6.45, 7) is 1.31. The van der Waals surface area contributed by atoms with Gasteiger partial charge in [0.15, 0.2) is 0 Å². The predicted octanol–water partition coefficient (Wildman–Crippen LogP) is 6.26. The van der Waals surface area contributed by atoms with E-state index in [2.05, 4.69) is 35.3 Å². The molecule has 0 atom stereocenters. The van der Waals surface area contributed by atoms with E-state index in [0.29, 0.717) is 13.0 Å². The van der Waals surface area contributed by atoms with Crippen LogP contribution in [0.5, 0.6) is 0 Å². The summed E-state index contributed by atoms with van der Waals surface area (Å²) in [5, 5.41) is 4.98. The van der Waals surface area contributed by atoms with Gasteiger partial charge in [0.1, 0.15) is 0 Å². The van der Waals surface area contributed by atoms with Crippen LogP contribution in [-0.2, 0) is 16.0 Å². The van der Waals surface area contributed by atoms with Crippen molar-refractivity contribution in [2.45, 2.75) is 44.9 Å². The van der Waals surface area contributed by atoms with Gasteiger partial charge in [-0.2, -0.15) is 0 Å². The molecule has 6 heteroatoms. The maximum Gasteiger partial charge on any atom is 0.310 e. The molecule has 0 amide bonds. The fourth-order valence-corrected chi connectivity index (χ4v) is 4.84. The van der Waals surface area contributed by atoms with Gasteiger partial charge in [-0.3, -0.25) is 9.80 Å². The molecule has 0 saturated heterocycles. The molecule has 1 heterocycles. The lowest BCUT2D eigenvalue weighted by atomic mass is 10.1. The normalized spacial score (nSPS) is 11.2. The lowest BCUT2D eigenvalue weighted by Gasteiger charge is -2.14.